The SMILES string of the molecule is CC(C)CC(CBr)(CBr)Cc1ccc(F)c(Cl)c1. The van der Waals surface area contributed by atoms with E-state index >= 15 is 0 Å². The minimum atomic E-state index is -0.354. The lowest BCUT2D eigenvalue weighted by Crippen LogP contribution is -2.29. The lowest BCUT2D eigenvalue weighted by molar-refractivity contribution is 0.304. The van der Waals surface area contributed by atoms with Gasteiger partial charge < -0.3 is 0 Å². The normalized spacial score (nSPS) is 12.2. The summed E-state index contributed by atoms with van der Waals surface area (Å²) in [6.07, 6.45) is 2.00. The molecule has 0 spiro atoms. The van der Waals surface area contributed by atoms with Crippen LogP contribution in [0.1, 0.15) is 25.8 Å². The predicted octanol–water partition coefficient (Wildman–Crippen LogP) is 5.84. The van der Waals surface area contributed by atoms with E-state index < -0.39 is 0 Å². The molecular weight excluding hydrogens is 382 g/mol. The summed E-state index contributed by atoms with van der Waals surface area (Å²) in [5.74, 6) is 0.267. The van der Waals surface area contributed by atoms with Gasteiger partial charge in [-0.25, -0.2) is 4.39 Å². The fourth-order valence-electron chi connectivity index (χ4n) is 2.26. The number of alkyl halides is 2. The van der Waals surface area contributed by atoms with Gasteiger partial charge in [0, 0.05) is 10.7 Å². The maximum Gasteiger partial charge on any atom is 0.141 e. The summed E-state index contributed by atoms with van der Waals surface area (Å²) in [5, 5.41) is 2.03. The predicted molar refractivity (Wildman–Crippen MR) is 84.6 cm³/mol. The molecule has 0 aliphatic rings. The van der Waals surface area contributed by atoms with Crippen LogP contribution in [0.3, 0.4) is 0 Å². The summed E-state index contributed by atoms with van der Waals surface area (Å²) in [5.41, 5.74) is 1.23. The largest absolute Gasteiger partial charge is 0.205 e. The van der Waals surface area contributed by atoms with E-state index in [-0.39, 0.29) is 16.3 Å². The zero-order valence-electron chi connectivity index (χ0n) is 10.6. The lowest BCUT2D eigenvalue weighted by Gasteiger charge is -2.32. The first-order valence-electron chi connectivity index (χ1n) is 5.98. The Kier molecular flexibility index (Phi) is 6.63. The van der Waals surface area contributed by atoms with Gasteiger partial charge in [-0.05, 0) is 41.9 Å². The van der Waals surface area contributed by atoms with Crippen molar-refractivity contribution in [3.05, 3.63) is 34.6 Å². The van der Waals surface area contributed by atoms with Crippen molar-refractivity contribution in [2.45, 2.75) is 26.7 Å². The second-order valence-electron chi connectivity index (χ2n) is 5.29. The van der Waals surface area contributed by atoms with Crippen LogP contribution in [0.4, 0.5) is 4.39 Å². The molecule has 0 N–H and O–H groups in total. The van der Waals surface area contributed by atoms with Crippen LogP contribution in [0.15, 0.2) is 18.2 Å². The van der Waals surface area contributed by atoms with Crippen molar-refractivity contribution >= 4 is 43.5 Å². The standard InChI is InChI=1S/C14H18Br2ClF/c1-10(2)6-14(8-15,9-16)7-11-3-4-13(18)12(17)5-11/h3-5,10H,6-9H2,1-2H3. The molecule has 0 fully saturated rings. The number of hydrogen-bond acceptors (Lipinski definition) is 0. The van der Waals surface area contributed by atoms with Crippen molar-refractivity contribution in [3.8, 4) is 0 Å². The molecule has 0 radical (unpaired) electrons. The Morgan fingerprint density at radius 3 is 2.33 bits per heavy atom. The van der Waals surface area contributed by atoms with Crippen LogP contribution in [0.2, 0.25) is 5.02 Å². The van der Waals surface area contributed by atoms with Gasteiger partial charge in [0.25, 0.3) is 0 Å². The van der Waals surface area contributed by atoms with Crippen LogP contribution in [-0.4, -0.2) is 10.7 Å². The molecule has 0 aliphatic carbocycles. The number of benzene rings is 1. The molecule has 0 saturated carbocycles. The van der Waals surface area contributed by atoms with E-state index in [1.54, 1.807) is 6.07 Å². The Bertz CT molecular complexity index is 389. The number of halogens is 4. The van der Waals surface area contributed by atoms with Gasteiger partial charge in [-0.3, -0.25) is 0 Å². The summed E-state index contributed by atoms with van der Waals surface area (Å²) in [7, 11) is 0. The van der Waals surface area contributed by atoms with Crippen molar-refractivity contribution in [2.24, 2.45) is 11.3 Å². The van der Waals surface area contributed by atoms with Crippen molar-refractivity contribution in [1.82, 2.24) is 0 Å². The molecule has 18 heavy (non-hydrogen) atoms. The van der Waals surface area contributed by atoms with Gasteiger partial charge in [0.1, 0.15) is 5.82 Å². The first-order valence-corrected chi connectivity index (χ1v) is 8.60. The molecule has 1 rings (SSSR count). The van der Waals surface area contributed by atoms with Crippen molar-refractivity contribution < 1.29 is 4.39 Å². The molecule has 1 aromatic carbocycles. The smallest absolute Gasteiger partial charge is 0.141 e. The second-order valence-corrected chi connectivity index (χ2v) is 6.82. The minimum Gasteiger partial charge on any atom is -0.205 e. The maximum atomic E-state index is 13.2. The van der Waals surface area contributed by atoms with E-state index in [1.165, 1.54) is 6.07 Å². The third-order valence-corrected chi connectivity index (χ3v) is 5.64. The molecule has 0 saturated heterocycles. The Morgan fingerprint density at radius 1 is 1.28 bits per heavy atom. The molecule has 1 aromatic rings. The summed E-state index contributed by atoms with van der Waals surface area (Å²) in [6, 6.07) is 5.00. The second kappa shape index (κ2) is 7.25. The van der Waals surface area contributed by atoms with E-state index in [2.05, 4.69) is 45.7 Å². The summed E-state index contributed by atoms with van der Waals surface area (Å²) >= 11 is 13.1. The van der Waals surface area contributed by atoms with Crippen LogP contribution in [-0.2, 0) is 6.42 Å². The highest BCUT2D eigenvalue weighted by atomic mass is 79.9. The van der Waals surface area contributed by atoms with E-state index in [0.717, 1.165) is 29.1 Å². The van der Waals surface area contributed by atoms with Gasteiger partial charge in [-0.1, -0.05) is 63.4 Å². The molecule has 0 heterocycles. The Labute approximate surface area is 131 Å². The fourth-order valence-corrected chi connectivity index (χ4v) is 4.25. The zero-order valence-corrected chi connectivity index (χ0v) is 14.6. The number of rotatable bonds is 6. The molecule has 0 bridgehead atoms. The molecule has 0 atom stereocenters. The molecule has 0 aromatic heterocycles. The molecule has 4 heteroatoms. The summed E-state index contributed by atoms with van der Waals surface area (Å²) in [6.45, 7) is 4.44. The third-order valence-electron chi connectivity index (χ3n) is 2.97. The highest BCUT2D eigenvalue weighted by Gasteiger charge is 2.29. The highest BCUT2D eigenvalue weighted by molar-refractivity contribution is 9.09. The lowest BCUT2D eigenvalue weighted by atomic mass is 9.79. The van der Waals surface area contributed by atoms with Crippen LogP contribution in [0.25, 0.3) is 0 Å². The van der Waals surface area contributed by atoms with E-state index in [4.69, 9.17) is 11.6 Å². The van der Waals surface area contributed by atoms with Gasteiger partial charge in [0.15, 0.2) is 0 Å². The Balaban J connectivity index is 2.92. The molecular formula is C14H18Br2ClF. The van der Waals surface area contributed by atoms with Gasteiger partial charge in [-0.15, -0.1) is 0 Å². The van der Waals surface area contributed by atoms with E-state index in [0.29, 0.717) is 5.92 Å². The van der Waals surface area contributed by atoms with Gasteiger partial charge in [0.2, 0.25) is 0 Å². The van der Waals surface area contributed by atoms with Crippen LogP contribution >= 0.6 is 43.5 Å². The average Bonchev–Trinajstić information content (AvgIpc) is 2.32. The molecule has 102 valence electrons. The Morgan fingerprint density at radius 2 is 1.89 bits per heavy atom. The van der Waals surface area contributed by atoms with Crippen LogP contribution in [0, 0.1) is 17.2 Å². The molecule has 0 unspecified atom stereocenters. The van der Waals surface area contributed by atoms with Crippen molar-refractivity contribution in [2.75, 3.05) is 10.7 Å². The van der Waals surface area contributed by atoms with Crippen molar-refractivity contribution in [1.29, 1.82) is 0 Å². The van der Waals surface area contributed by atoms with Crippen molar-refractivity contribution in [3.63, 3.8) is 0 Å². The van der Waals surface area contributed by atoms with Gasteiger partial charge >= 0.3 is 0 Å². The number of hydrogen-bond donors (Lipinski definition) is 0. The average molecular weight is 401 g/mol. The fraction of sp³-hybridized carbons (Fsp3) is 0.571. The van der Waals surface area contributed by atoms with Crippen LogP contribution < -0.4 is 0 Å². The Hall–Kier alpha value is 0.400. The monoisotopic (exact) mass is 398 g/mol. The third kappa shape index (κ3) is 4.50. The molecule has 0 aliphatic heterocycles. The first-order chi connectivity index (χ1) is 8.42. The van der Waals surface area contributed by atoms with Crippen LogP contribution in [0.5, 0.6) is 0 Å². The van der Waals surface area contributed by atoms with Gasteiger partial charge in [-0.2, -0.15) is 0 Å². The first kappa shape index (κ1) is 16.5. The van der Waals surface area contributed by atoms with E-state index in [1.807, 2.05) is 6.07 Å². The van der Waals surface area contributed by atoms with E-state index in [9.17, 15) is 4.39 Å². The summed E-state index contributed by atoms with van der Waals surface area (Å²) in [4.78, 5) is 0. The highest BCUT2D eigenvalue weighted by Crippen LogP contribution is 2.35. The quantitative estimate of drug-likeness (QED) is 0.526. The maximum absolute atomic E-state index is 13.2. The summed E-state index contributed by atoms with van der Waals surface area (Å²) < 4.78 is 13.2. The van der Waals surface area contributed by atoms with Gasteiger partial charge in [0.05, 0.1) is 5.02 Å². The molecule has 0 nitrogen and oxygen atoms in total. The topological polar surface area (TPSA) is 0 Å². The molecule has 0 amide bonds. The zero-order chi connectivity index (χ0) is 13.8. The minimum absolute atomic E-state index is 0.148.